The Bertz CT molecular complexity index is 756. The van der Waals surface area contributed by atoms with Crippen molar-refractivity contribution in [3.05, 3.63) is 64.7 Å². The van der Waals surface area contributed by atoms with Gasteiger partial charge in [-0.1, -0.05) is 35.9 Å². The zero-order chi connectivity index (χ0) is 18.2. The van der Waals surface area contributed by atoms with Crippen molar-refractivity contribution in [3.8, 4) is 5.75 Å². The number of carbonyl (C=O) groups is 2. The fraction of sp³-hybridized carbons (Fsp3) is 0.176. The molecule has 25 heavy (non-hydrogen) atoms. The highest BCUT2D eigenvalue weighted by Crippen LogP contribution is 2.19. The third-order valence-electron chi connectivity index (χ3n) is 3.16. The number of nitrogens with one attached hydrogen (secondary N) is 2. The molecule has 2 aromatic rings. The van der Waals surface area contributed by atoms with Gasteiger partial charge in [-0.3, -0.25) is 9.59 Å². The largest absolute Gasteiger partial charge is 0.434 e. The number of rotatable bonds is 7. The molecule has 8 heteroatoms. The van der Waals surface area contributed by atoms with Gasteiger partial charge in [0.1, 0.15) is 5.75 Å². The van der Waals surface area contributed by atoms with E-state index in [1.807, 2.05) is 0 Å². The molecule has 0 atom stereocenters. The van der Waals surface area contributed by atoms with Gasteiger partial charge in [-0.15, -0.1) is 0 Å². The second kappa shape index (κ2) is 8.98. The summed E-state index contributed by atoms with van der Waals surface area (Å²) in [6.45, 7) is -3.22. The van der Waals surface area contributed by atoms with Crippen LogP contribution in [0.25, 0.3) is 0 Å². The molecule has 0 bridgehead atoms. The summed E-state index contributed by atoms with van der Waals surface area (Å²) < 4.78 is 29.0. The van der Waals surface area contributed by atoms with Crippen molar-refractivity contribution in [2.45, 2.75) is 13.2 Å². The van der Waals surface area contributed by atoms with E-state index in [0.29, 0.717) is 16.1 Å². The molecular formula is C17H15ClF2N2O3. The average Bonchev–Trinajstić information content (AvgIpc) is 2.58. The fourth-order valence-corrected chi connectivity index (χ4v) is 2.20. The van der Waals surface area contributed by atoms with E-state index in [2.05, 4.69) is 15.4 Å². The van der Waals surface area contributed by atoms with E-state index < -0.39 is 18.4 Å². The van der Waals surface area contributed by atoms with Gasteiger partial charge in [0, 0.05) is 22.7 Å². The van der Waals surface area contributed by atoms with Crippen molar-refractivity contribution in [2.24, 2.45) is 0 Å². The second-order valence-corrected chi connectivity index (χ2v) is 5.39. The van der Waals surface area contributed by atoms with Crippen LogP contribution in [0.2, 0.25) is 5.02 Å². The predicted octanol–water partition coefficient (Wildman–Crippen LogP) is 2.99. The summed E-state index contributed by atoms with van der Waals surface area (Å²) in [5, 5.41) is 5.38. The molecule has 0 unspecified atom stereocenters. The van der Waals surface area contributed by atoms with Crippen LogP contribution in [0.3, 0.4) is 0 Å². The van der Waals surface area contributed by atoms with Gasteiger partial charge >= 0.3 is 6.61 Å². The molecule has 2 aromatic carbocycles. The Morgan fingerprint density at radius 2 is 1.84 bits per heavy atom. The van der Waals surface area contributed by atoms with E-state index in [1.54, 1.807) is 36.4 Å². The number of alkyl halides is 2. The van der Waals surface area contributed by atoms with Crippen molar-refractivity contribution in [1.82, 2.24) is 10.6 Å². The number of hydrogen-bond donors (Lipinski definition) is 2. The number of carbonyl (C=O) groups excluding carboxylic acids is 2. The smallest absolute Gasteiger partial charge is 0.387 e. The number of benzene rings is 2. The van der Waals surface area contributed by atoms with Crippen LogP contribution in [0, 0.1) is 0 Å². The number of amides is 2. The maximum absolute atomic E-state index is 12.3. The van der Waals surface area contributed by atoms with Gasteiger partial charge in [0.2, 0.25) is 5.91 Å². The lowest BCUT2D eigenvalue weighted by Crippen LogP contribution is -2.36. The Labute approximate surface area is 147 Å². The minimum Gasteiger partial charge on any atom is -0.434 e. The highest BCUT2D eigenvalue weighted by molar-refractivity contribution is 6.30. The predicted molar refractivity (Wildman–Crippen MR) is 88.7 cm³/mol. The number of halogens is 3. The zero-order valence-electron chi connectivity index (χ0n) is 13.0. The third kappa shape index (κ3) is 6.04. The molecule has 0 aromatic heterocycles. The van der Waals surface area contributed by atoms with E-state index in [9.17, 15) is 18.4 Å². The van der Waals surface area contributed by atoms with Gasteiger partial charge in [0.05, 0.1) is 6.54 Å². The lowest BCUT2D eigenvalue weighted by molar-refractivity contribution is -0.120. The number of hydrogen-bond acceptors (Lipinski definition) is 3. The molecule has 2 amide bonds. The van der Waals surface area contributed by atoms with Gasteiger partial charge in [-0.2, -0.15) is 8.78 Å². The fourth-order valence-electron chi connectivity index (χ4n) is 2.01. The normalized spacial score (nSPS) is 10.4. The van der Waals surface area contributed by atoms with Crippen LogP contribution in [0.5, 0.6) is 5.75 Å². The molecule has 0 aliphatic carbocycles. The van der Waals surface area contributed by atoms with Crippen LogP contribution in [-0.4, -0.2) is 25.0 Å². The van der Waals surface area contributed by atoms with E-state index in [-0.39, 0.29) is 18.8 Å². The Balaban J connectivity index is 1.84. The van der Waals surface area contributed by atoms with Crippen LogP contribution in [0.15, 0.2) is 48.5 Å². The molecule has 0 saturated carbocycles. The first-order valence-electron chi connectivity index (χ1n) is 7.29. The summed E-state index contributed by atoms with van der Waals surface area (Å²) in [6, 6.07) is 12.4. The van der Waals surface area contributed by atoms with Crippen molar-refractivity contribution < 1.29 is 23.1 Å². The molecule has 2 rings (SSSR count). The first-order chi connectivity index (χ1) is 12.0. The molecule has 0 aliphatic rings. The third-order valence-corrected chi connectivity index (χ3v) is 3.40. The maximum Gasteiger partial charge on any atom is 0.387 e. The van der Waals surface area contributed by atoms with Gasteiger partial charge < -0.3 is 15.4 Å². The van der Waals surface area contributed by atoms with Gasteiger partial charge in [-0.25, -0.2) is 0 Å². The molecule has 0 spiro atoms. The van der Waals surface area contributed by atoms with E-state index >= 15 is 0 Å². The summed E-state index contributed by atoms with van der Waals surface area (Å²) in [4.78, 5) is 23.7. The Morgan fingerprint density at radius 3 is 2.56 bits per heavy atom. The molecule has 0 heterocycles. The van der Waals surface area contributed by atoms with Gasteiger partial charge in [0.25, 0.3) is 5.91 Å². The Kier molecular flexibility index (Phi) is 6.71. The topological polar surface area (TPSA) is 67.4 Å². The molecule has 2 N–H and O–H groups in total. The summed E-state index contributed by atoms with van der Waals surface area (Å²) in [5.74, 6) is -0.929. The lowest BCUT2D eigenvalue weighted by Gasteiger charge is -2.11. The lowest BCUT2D eigenvalue weighted by atomic mass is 10.2. The van der Waals surface area contributed by atoms with Crippen molar-refractivity contribution in [3.63, 3.8) is 0 Å². The van der Waals surface area contributed by atoms with E-state index in [4.69, 9.17) is 11.6 Å². The molecular weight excluding hydrogens is 354 g/mol. The minimum absolute atomic E-state index is 0.00520. The Hall–Kier alpha value is -2.67. The summed E-state index contributed by atoms with van der Waals surface area (Å²) >= 11 is 5.80. The highest BCUT2D eigenvalue weighted by Gasteiger charge is 2.11. The van der Waals surface area contributed by atoms with E-state index in [0.717, 1.165) is 0 Å². The minimum atomic E-state index is -2.95. The molecule has 5 nitrogen and oxygen atoms in total. The SMILES string of the molecule is O=C(CNC(=O)c1cccc(Cl)c1)NCc1ccccc1OC(F)F. The van der Waals surface area contributed by atoms with Crippen LogP contribution < -0.4 is 15.4 Å². The molecule has 132 valence electrons. The number of para-hydroxylation sites is 1. The summed E-state index contributed by atoms with van der Waals surface area (Å²) in [5.41, 5.74) is 0.730. The van der Waals surface area contributed by atoms with Crippen LogP contribution in [-0.2, 0) is 11.3 Å². The van der Waals surface area contributed by atoms with Crippen molar-refractivity contribution in [2.75, 3.05) is 6.54 Å². The molecule has 0 saturated heterocycles. The molecule has 0 aliphatic heterocycles. The number of ether oxygens (including phenoxy) is 1. The molecule has 0 radical (unpaired) electrons. The monoisotopic (exact) mass is 368 g/mol. The second-order valence-electron chi connectivity index (χ2n) is 4.96. The summed E-state index contributed by atoms with van der Waals surface area (Å²) in [6.07, 6.45) is 0. The zero-order valence-corrected chi connectivity index (χ0v) is 13.7. The van der Waals surface area contributed by atoms with Crippen LogP contribution in [0.1, 0.15) is 15.9 Å². The maximum atomic E-state index is 12.3. The van der Waals surface area contributed by atoms with Gasteiger partial charge in [0.15, 0.2) is 0 Å². The summed E-state index contributed by atoms with van der Waals surface area (Å²) in [7, 11) is 0. The van der Waals surface area contributed by atoms with E-state index in [1.165, 1.54) is 12.1 Å². The van der Waals surface area contributed by atoms with Crippen LogP contribution in [0.4, 0.5) is 8.78 Å². The van der Waals surface area contributed by atoms with Crippen molar-refractivity contribution >= 4 is 23.4 Å². The van der Waals surface area contributed by atoms with Crippen molar-refractivity contribution in [1.29, 1.82) is 0 Å². The quantitative estimate of drug-likeness (QED) is 0.789. The first-order valence-corrected chi connectivity index (χ1v) is 7.66. The Morgan fingerprint density at radius 1 is 1.08 bits per heavy atom. The first kappa shape index (κ1) is 18.7. The average molecular weight is 369 g/mol. The highest BCUT2D eigenvalue weighted by atomic mass is 35.5. The van der Waals surface area contributed by atoms with Gasteiger partial charge in [-0.05, 0) is 24.3 Å². The molecule has 0 fully saturated rings. The standard InChI is InChI=1S/C17H15ClF2N2O3/c18-13-6-3-5-11(8-13)16(24)22-10-15(23)21-9-12-4-1-2-7-14(12)25-17(19)20/h1-8,17H,9-10H2,(H,21,23)(H,22,24). The van der Waals surface area contributed by atoms with Crippen LogP contribution >= 0.6 is 11.6 Å².